The number of phenols is 1. The SMILES string of the molecule is CC(=O)Nc1ccc([N+](=O)[O-])c(O)c1.CC(=O)Nc1ccc([N+](=O)[O-])c(OC(C)=O)c1. The molecule has 3 N–H and O–H groups in total. The van der Waals surface area contributed by atoms with Crippen molar-refractivity contribution in [3.05, 3.63) is 56.6 Å². The predicted molar refractivity (Wildman–Crippen MR) is 108 cm³/mol. The Bertz CT molecular complexity index is 1040. The lowest BCUT2D eigenvalue weighted by atomic mass is 10.2. The minimum atomic E-state index is -0.702. The van der Waals surface area contributed by atoms with Crippen LogP contribution in [0.3, 0.4) is 0 Å². The molecule has 0 saturated carbocycles. The van der Waals surface area contributed by atoms with E-state index in [2.05, 4.69) is 10.6 Å². The summed E-state index contributed by atoms with van der Waals surface area (Å²) < 4.78 is 4.70. The smallest absolute Gasteiger partial charge is 0.311 e. The fourth-order valence-corrected chi connectivity index (χ4v) is 2.14. The van der Waals surface area contributed by atoms with Crippen LogP contribution in [0.5, 0.6) is 11.5 Å². The number of carbonyl (C=O) groups excluding carboxylic acids is 3. The van der Waals surface area contributed by atoms with Crippen LogP contribution in [-0.4, -0.2) is 32.7 Å². The predicted octanol–water partition coefficient (Wildman–Crippen LogP) is 2.74. The number of amides is 2. The Kier molecular flexibility index (Phi) is 8.57. The highest BCUT2D eigenvalue weighted by atomic mass is 16.6. The van der Waals surface area contributed by atoms with Gasteiger partial charge in [0.2, 0.25) is 17.6 Å². The lowest BCUT2D eigenvalue weighted by Gasteiger charge is -2.06. The number of phenolic OH excluding ortho intramolecular Hbond substituents is 1. The monoisotopic (exact) mass is 434 g/mol. The molecule has 2 aromatic carbocycles. The van der Waals surface area contributed by atoms with Crippen molar-refractivity contribution in [2.45, 2.75) is 20.8 Å². The number of benzene rings is 2. The van der Waals surface area contributed by atoms with Crippen molar-refractivity contribution in [1.29, 1.82) is 0 Å². The third kappa shape index (κ3) is 8.15. The Labute approximate surface area is 174 Å². The van der Waals surface area contributed by atoms with Crippen molar-refractivity contribution in [2.24, 2.45) is 0 Å². The van der Waals surface area contributed by atoms with E-state index >= 15 is 0 Å². The van der Waals surface area contributed by atoms with Gasteiger partial charge in [-0.25, -0.2) is 0 Å². The summed E-state index contributed by atoms with van der Waals surface area (Å²) in [4.78, 5) is 51.8. The number of ether oxygens (including phenoxy) is 1. The maximum absolute atomic E-state index is 10.8. The molecule has 0 aromatic heterocycles. The van der Waals surface area contributed by atoms with Crippen LogP contribution in [0.2, 0.25) is 0 Å². The summed E-state index contributed by atoms with van der Waals surface area (Å²) >= 11 is 0. The number of esters is 1. The van der Waals surface area contributed by atoms with Gasteiger partial charge in [-0.1, -0.05) is 0 Å². The van der Waals surface area contributed by atoms with Gasteiger partial charge in [0, 0.05) is 56.4 Å². The number of aromatic hydroxyl groups is 1. The van der Waals surface area contributed by atoms with E-state index < -0.39 is 21.6 Å². The van der Waals surface area contributed by atoms with Crippen molar-refractivity contribution < 1.29 is 34.1 Å². The van der Waals surface area contributed by atoms with Crippen LogP contribution in [0, 0.1) is 20.2 Å². The molecular weight excluding hydrogens is 416 g/mol. The molecule has 0 spiro atoms. The number of anilines is 2. The van der Waals surface area contributed by atoms with Crippen molar-refractivity contribution >= 4 is 40.5 Å². The fraction of sp³-hybridized carbons (Fsp3) is 0.167. The average molecular weight is 434 g/mol. The number of nitro benzene ring substituents is 2. The summed E-state index contributed by atoms with van der Waals surface area (Å²) in [5.74, 6) is -1.98. The average Bonchev–Trinajstić information content (AvgIpc) is 2.60. The molecule has 13 nitrogen and oxygen atoms in total. The fourth-order valence-electron chi connectivity index (χ4n) is 2.14. The zero-order valence-corrected chi connectivity index (χ0v) is 16.6. The summed E-state index contributed by atoms with van der Waals surface area (Å²) in [6.45, 7) is 3.74. The number of nitro groups is 2. The van der Waals surface area contributed by atoms with E-state index in [-0.39, 0.29) is 28.9 Å². The normalized spacial score (nSPS) is 9.52. The van der Waals surface area contributed by atoms with Gasteiger partial charge in [-0.2, -0.15) is 0 Å². The number of hydrogen-bond donors (Lipinski definition) is 3. The number of hydrogen-bond acceptors (Lipinski definition) is 9. The number of nitrogens with zero attached hydrogens (tertiary/aromatic N) is 2. The molecule has 0 atom stereocenters. The first-order valence-corrected chi connectivity index (χ1v) is 8.40. The molecule has 0 saturated heterocycles. The maximum Gasteiger partial charge on any atom is 0.311 e. The third-order valence-electron chi connectivity index (χ3n) is 3.22. The Morgan fingerprint density at radius 3 is 1.68 bits per heavy atom. The molecule has 13 heteroatoms. The van der Waals surface area contributed by atoms with Crippen LogP contribution in [0.25, 0.3) is 0 Å². The van der Waals surface area contributed by atoms with Crippen LogP contribution in [-0.2, 0) is 14.4 Å². The van der Waals surface area contributed by atoms with Crippen molar-refractivity contribution in [3.8, 4) is 11.5 Å². The summed E-state index contributed by atoms with van der Waals surface area (Å²) in [6.07, 6.45) is 0. The van der Waals surface area contributed by atoms with Crippen molar-refractivity contribution in [1.82, 2.24) is 0 Å². The van der Waals surface area contributed by atoms with Crippen LogP contribution >= 0.6 is 0 Å². The molecule has 2 rings (SSSR count). The summed E-state index contributed by atoms with van der Waals surface area (Å²) in [5.41, 5.74) is -0.0895. The van der Waals surface area contributed by atoms with E-state index in [1.165, 1.54) is 32.0 Å². The Morgan fingerprint density at radius 1 is 0.839 bits per heavy atom. The van der Waals surface area contributed by atoms with Gasteiger partial charge in [0.25, 0.3) is 0 Å². The van der Waals surface area contributed by atoms with Gasteiger partial charge in [0.05, 0.1) is 9.85 Å². The molecule has 0 bridgehead atoms. The van der Waals surface area contributed by atoms with Crippen LogP contribution in [0.4, 0.5) is 22.7 Å². The second-order valence-corrected chi connectivity index (χ2v) is 5.86. The maximum atomic E-state index is 10.8. The molecule has 0 heterocycles. The van der Waals surface area contributed by atoms with E-state index in [1.54, 1.807) is 0 Å². The van der Waals surface area contributed by atoms with Crippen LogP contribution < -0.4 is 15.4 Å². The second-order valence-electron chi connectivity index (χ2n) is 5.86. The number of carbonyl (C=O) groups is 3. The highest BCUT2D eigenvalue weighted by Gasteiger charge is 2.17. The van der Waals surface area contributed by atoms with E-state index in [1.807, 2.05) is 0 Å². The first-order chi connectivity index (χ1) is 14.4. The van der Waals surface area contributed by atoms with Crippen molar-refractivity contribution in [2.75, 3.05) is 10.6 Å². The molecule has 0 unspecified atom stereocenters. The van der Waals surface area contributed by atoms with E-state index in [0.717, 1.165) is 25.1 Å². The van der Waals surface area contributed by atoms with Gasteiger partial charge < -0.3 is 20.5 Å². The molecule has 0 aliphatic heterocycles. The summed E-state index contributed by atoms with van der Waals surface area (Å²) in [6, 6.07) is 7.33. The van der Waals surface area contributed by atoms with Gasteiger partial charge in [-0.3, -0.25) is 34.6 Å². The highest BCUT2D eigenvalue weighted by molar-refractivity contribution is 5.89. The first-order valence-electron chi connectivity index (χ1n) is 8.40. The zero-order valence-electron chi connectivity index (χ0n) is 16.6. The van der Waals surface area contributed by atoms with Gasteiger partial charge in [0.15, 0.2) is 5.75 Å². The summed E-state index contributed by atoms with van der Waals surface area (Å²) in [7, 11) is 0. The van der Waals surface area contributed by atoms with Crippen LogP contribution in [0.1, 0.15) is 20.8 Å². The minimum absolute atomic E-state index is 0.200. The van der Waals surface area contributed by atoms with Gasteiger partial charge in [-0.15, -0.1) is 0 Å². The quantitative estimate of drug-likeness (QED) is 0.275. The topological polar surface area (TPSA) is 191 Å². The molecule has 0 aliphatic rings. The largest absolute Gasteiger partial charge is 0.502 e. The van der Waals surface area contributed by atoms with E-state index in [4.69, 9.17) is 4.74 Å². The van der Waals surface area contributed by atoms with Crippen molar-refractivity contribution in [3.63, 3.8) is 0 Å². The lowest BCUT2D eigenvalue weighted by molar-refractivity contribution is -0.385. The molecule has 2 amide bonds. The number of nitrogens with one attached hydrogen (secondary N) is 2. The molecule has 0 radical (unpaired) electrons. The molecule has 164 valence electrons. The van der Waals surface area contributed by atoms with Gasteiger partial charge in [-0.05, 0) is 12.1 Å². The minimum Gasteiger partial charge on any atom is -0.502 e. The van der Waals surface area contributed by atoms with Gasteiger partial charge in [0.1, 0.15) is 0 Å². The van der Waals surface area contributed by atoms with Gasteiger partial charge >= 0.3 is 17.3 Å². The molecular formula is C18H18N4O9. The Balaban J connectivity index is 0.000000316. The lowest BCUT2D eigenvalue weighted by Crippen LogP contribution is -2.08. The Morgan fingerprint density at radius 2 is 1.29 bits per heavy atom. The highest BCUT2D eigenvalue weighted by Crippen LogP contribution is 2.30. The summed E-state index contributed by atoms with van der Waals surface area (Å²) in [5, 5.41) is 35.0. The molecule has 0 fully saturated rings. The zero-order chi connectivity index (χ0) is 23.7. The second kappa shape index (κ2) is 10.8. The van der Waals surface area contributed by atoms with E-state index in [9.17, 15) is 39.7 Å². The number of rotatable bonds is 5. The molecule has 31 heavy (non-hydrogen) atoms. The van der Waals surface area contributed by atoms with Crippen LogP contribution in [0.15, 0.2) is 36.4 Å². The Hall–Kier alpha value is -4.55. The first kappa shape index (κ1) is 24.5. The third-order valence-corrected chi connectivity index (χ3v) is 3.22. The van der Waals surface area contributed by atoms with E-state index in [0.29, 0.717) is 11.4 Å². The molecule has 0 aliphatic carbocycles. The molecule has 2 aromatic rings. The standard InChI is InChI=1S/C10H10N2O5.C8H8N2O4/c1-6(13)11-8-3-4-9(12(15)16)10(5-8)17-7(2)14;1-5(11)9-6-2-3-7(10(13)14)8(12)4-6/h3-5H,1-2H3,(H,11,13);2-4,12H,1H3,(H,9,11).